The van der Waals surface area contributed by atoms with Crippen molar-refractivity contribution < 1.29 is 9.13 Å². The fourth-order valence-corrected chi connectivity index (χ4v) is 2.28. The molecule has 112 valence electrons. The van der Waals surface area contributed by atoms with Crippen molar-refractivity contribution in [1.29, 1.82) is 0 Å². The Labute approximate surface area is 137 Å². The lowest BCUT2D eigenvalue weighted by atomic mass is 10.2. The minimum Gasteiger partial charge on any atom is -0.452 e. The molecule has 0 radical (unpaired) electrons. The van der Waals surface area contributed by atoms with Crippen molar-refractivity contribution in [2.75, 3.05) is 0 Å². The zero-order valence-electron chi connectivity index (χ0n) is 11.8. The number of nitrogens with one attached hydrogen (secondary N) is 1. The monoisotopic (exact) mass is 371 g/mol. The Morgan fingerprint density at radius 2 is 2.05 bits per heavy atom. The molecule has 2 rings (SSSR count). The second-order valence-corrected chi connectivity index (χ2v) is 6.26. The first-order chi connectivity index (χ1) is 9.97. The Bertz CT molecular complexity index is 634. The first-order valence-electron chi connectivity index (χ1n) is 6.61. The summed E-state index contributed by atoms with van der Waals surface area (Å²) in [5, 5.41) is 3.69. The predicted molar refractivity (Wildman–Crippen MR) is 87.6 cm³/mol. The number of hydrogen-bond acceptors (Lipinski definition) is 2. The molecule has 0 fully saturated rings. The fraction of sp³-hybridized carbons (Fsp3) is 0.250. The van der Waals surface area contributed by atoms with Gasteiger partial charge in [-0.05, 0) is 24.3 Å². The minimum absolute atomic E-state index is 0.200. The highest BCUT2D eigenvalue weighted by Gasteiger charge is 2.13. The van der Waals surface area contributed by atoms with Crippen molar-refractivity contribution >= 4 is 27.5 Å². The van der Waals surface area contributed by atoms with Gasteiger partial charge in [-0.1, -0.05) is 53.5 Å². The van der Waals surface area contributed by atoms with E-state index in [1.165, 1.54) is 6.07 Å². The van der Waals surface area contributed by atoms with Gasteiger partial charge in [0.2, 0.25) is 0 Å². The van der Waals surface area contributed by atoms with Gasteiger partial charge in [-0.15, -0.1) is 0 Å². The summed E-state index contributed by atoms with van der Waals surface area (Å²) in [6, 6.07) is 10.4. The highest BCUT2D eigenvalue weighted by molar-refractivity contribution is 9.10. The number of benzene rings is 2. The van der Waals surface area contributed by atoms with Crippen LogP contribution >= 0.6 is 27.5 Å². The quantitative estimate of drug-likeness (QED) is 0.745. The molecule has 0 saturated heterocycles. The average molecular weight is 373 g/mol. The molecule has 0 aliphatic rings. The number of para-hydroxylation sites is 1. The van der Waals surface area contributed by atoms with Gasteiger partial charge in [0.05, 0.1) is 5.02 Å². The highest BCUT2D eigenvalue weighted by Crippen LogP contribution is 2.34. The highest BCUT2D eigenvalue weighted by atomic mass is 79.9. The van der Waals surface area contributed by atoms with Crippen molar-refractivity contribution in [1.82, 2.24) is 5.32 Å². The molecule has 0 heterocycles. The Kier molecular flexibility index (Phi) is 5.62. The number of ether oxygens (including phenoxy) is 1. The van der Waals surface area contributed by atoms with Crippen molar-refractivity contribution in [2.45, 2.75) is 26.4 Å². The molecule has 0 spiro atoms. The van der Waals surface area contributed by atoms with Crippen molar-refractivity contribution in [3.63, 3.8) is 0 Å². The van der Waals surface area contributed by atoms with Gasteiger partial charge in [-0.25, -0.2) is 4.39 Å². The van der Waals surface area contributed by atoms with E-state index in [2.05, 4.69) is 21.2 Å². The SMILES string of the molecule is CC(C)NCc1cccc(F)c1Oc1cc(Br)ccc1Cl. The van der Waals surface area contributed by atoms with Crippen LogP contribution in [0.5, 0.6) is 11.5 Å². The Hall–Kier alpha value is -1.10. The fourth-order valence-electron chi connectivity index (χ4n) is 1.79. The van der Waals surface area contributed by atoms with E-state index in [4.69, 9.17) is 16.3 Å². The largest absolute Gasteiger partial charge is 0.452 e. The van der Waals surface area contributed by atoms with Crippen LogP contribution in [-0.4, -0.2) is 6.04 Å². The molecule has 0 atom stereocenters. The number of hydrogen-bond donors (Lipinski definition) is 1. The van der Waals surface area contributed by atoms with Crippen molar-refractivity contribution in [3.05, 3.63) is 57.3 Å². The van der Waals surface area contributed by atoms with Gasteiger partial charge in [-0.2, -0.15) is 0 Å². The van der Waals surface area contributed by atoms with Crippen molar-refractivity contribution in [2.24, 2.45) is 0 Å². The van der Waals surface area contributed by atoms with E-state index in [0.29, 0.717) is 23.4 Å². The molecule has 5 heteroatoms. The van der Waals surface area contributed by atoms with E-state index >= 15 is 0 Å². The van der Waals surface area contributed by atoms with Gasteiger partial charge in [-0.3, -0.25) is 0 Å². The van der Waals surface area contributed by atoms with E-state index in [1.807, 2.05) is 19.9 Å². The predicted octanol–water partition coefficient (Wildman–Crippen LogP) is 5.53. The van der Waals surface area contributed by atoms with Gasteiger partial charge in [0, 0.05) is 22.6 Å². The smallest absolute Gasteiger partial charge is 0.167 e. The summed E-state index contributed by atoms with van der Waals surface area (Å²) in [6.07, 6.45) is 0. The molecule has 0 saturated carbocycles. The molecule has 0 bridgehead atoms. The van der Waals surface area contributed by atoms with Crippen LogP contribution in [0.4, 0.5) is 4.39 Å². The molecule has 0 aliphatic carbocycles. The van der Waals surface area contributed by atoms with Crippen LogP contribution in [0.3, 0.4) is 0 Å². The summed E-state index contributed by atoms with van der Waals surface area (Å²) in [7, 11) is 0. The third-order valence-electron chi connectivity index (χ3n) is 2.85. The molecule has 2 aromatic carbocycles. The van der Waals surface area contributed by atoms with Crippen molar-refractivity contribution in [3.8, 4) is 11.5 Å². The number of rotatable bonds is 5. The maximum Gasteiger partial charge on any atom is 0.167 e. The van der Waals surface area contributed by atoms with Crippen LogP contribution in [0.15, 0.2) is 40.9 Å². The zero-order valence-corrected chi connectivity index (χ0v) is 14.1. The van der Waals surface area contributed by atoms with Crippen LogP contribution in [-0.2, 0) is 6.54 Å². The molecule has 21 heavy (non-hydrogen) atoms. The van der Waals surface area contributed by atoms with Crippen LogP contribution in [0.25, 0.3) is 0 Å². The van der Waals surface area contributed by atoms with Crippen LogP contribution in [0.1, 0.15) is 19.4 Å². The molecule has 1 N–H and O–H groups in total. The summed E-state index contributed by atoms with van der Waals surface area (Å²) >= 11 is 9.45. The summed E-state index contributed by atoms with van der Waals surface area (Å²) in [6.45, 7) is 4.59. The normalized spacial score (nSPS) is 11.0. The molecule has 0 amide bonds. The van der Waals surface area contributed by atoms with Gasteiger partial charge < -0.3 is 10.1 Å². The molecule has 2 aromatic rings. The molecule has 0 unspecified atom stereocenters. The van der Waals surface area contributed by atoms with E-state index < -0.39 is 5.82 Å². The third-order valence-corrected chi connectivity index (χ3v) is 3.66. The van der Waals surface area contributed by atoms with E-state index in [-0.39, 0.29) is 5.75 Å². The van der Waals surface area contributed by atoms with Gasteiger partial charge in [0.15, 0.2) is 11.6 Å². The molecule has 2 nitrogen and oxygen atoms in total. The Morgan fingerprint density at radius 1 is 1.29 bits per heavy atom. The lowest BCUT2D eigenvalue weighted by Gasteiger charge is -2.15. The summed E-state index contributed by atoms with van der Waals surface area (Å²) in [5.41, 5.74) is 0.750. The lowest BCUT2D eigenvalue weighted by Crippen LogP contribution is -2.22. The minimum atomic E-state index is -0.408. The summed E-state index contributed by atoms with van der Waals surface area (Å²) in [4.78, 5) is 0. The second kappa shape index (κ2) is 7.25. The van der Waals surface area contributed by atoms with Crippen LogP contribution in [0.2, 0.25) is 5.02 Å². The van der Waals surface area contributed by atoms with E-state index in [0.717, 1.165) is 10.0 Å². The molecule has 0 aliphatic heterocycles. The van der Waals surface area contributed by atoms with Gasteiger partial charge in [0.25, 0.3) is 0 Å². The second-order valence-electron chi connectivity index (χ2n) is 4.94. The molecular weight excluding hydrogens is 357 g/mol. The topological polar surface area (TPSA) is 21.3 Å². The summed E-state index contributed by atoms with van der Waals surface area (Å²) in [5.74, 6) is 0.210. The van der Waals surface area contributed by atoms with E-state index in [1.54, 1.807) is 24.3 Å². The van der Waals surface area contributed by atoms with Gasteiger partial charge >= 0.3 is 0 Å². The molecule has 0 aromatic heterocycles. The Balaban J connectivity index is 2.32. The molecular formula is C16H16BrClFNO. The third kappa shape index (κ3) is 4.43. The maximum absolute atomic E-state index is 14.1. The van der Waals surface area contributed by atoms with E-state index in [9.17, 15) is 4.39 Å². The first kappa shape index (κ1) is 16.3. The van der Waals surface area contributed by atoms with Crippen LogP contribution in [0, 0.1) is 5.82 Å². The van der Waals surface area contributed by atoms with Crippen LogP contribution < -0.4 is 10.1 Å². The summed E-state index contributed by atoms with van der Waals surface area (Å²) < 4.78 is 20.6. The number of halogens is 3. The Morgan fingerprint density at radius 3 is 2.76 bits per heavy atom. The van der Waals surface area contributed by atoms with Gasteiger partial charge in [0.1, 0.15) is 5.75 Å². The maximum atomic E-state index is 14.1. The first-order valence-corrected chi connectivity index (χ1v) is 7.78. The average Bonchev–Trinajstić information content (AvgIpc) is 2.43. The lowest BCUT2D eigenvalue weighted by molar-refractivity contribution is 0.431. The zero-order chi connectivity index (χ0) is 15.4. The standard InChI is InChI=1S/C16H16BrClFNO/c1-10(2)20-9-11-4-3-5-14(19)16(11)21-15-8-12(17)6-7-13(15)18/h3-8,10,20H,9H2,1-2H3.